The minimum atomic E-state index is -1.32. The van der Waals surface area contributed by atoms with Gasteiger partial charge in [0.05, 0.1) is 23.8 Å². The Hall–Kier alpha value is -3.02. The highest BCUT2D eigenvalue weighted by molar-refractivity contribution is 5.88. The van der Waals surface area contributed by atoms with Gasteiger partial charge in [-0.1, -0.05) is 12.1 Å². The molecule has 0 radical (unpaired) electrons. The van der Waals surface area contributed by atoms with E-state index >= 15 is 0 Å². The standard InChI is InChI=1S/C19H18FN5/c1-19(2,20)12-23-18-22-11-17-15(7-9-25(17)24-18)13-5-6-16-14(10-13)4-3-8-21-16/h3-11H,12H2,1-2H3,(H,23,24). The van der Waals surface area contributed by atoms with Crippen LogP contribution in [0.3, 0.4) is 0 Å². The summed E-state index contributed by atoms with van der Waals surface area (Å²) in [4.78, 5) is 8.66. The number of pyridine rings is 1. The van der Waals surface area contributed by atoms with Gasteiger partial charge in [0, 0.05) is 23.3 Å². The summed E-state index contributed by atoms with van der Waals surface area (Å²) in [5, 5.41) is 8.41. The highest BCUT2D eigenvalue weighted by Gasteiger charge is 2.16. The fourth-order valence-electron chi connectivity index (χ4n) is 2.76. The number of hydrogen-bond donors (Lipinski definition) is 1. The average Bonchev–Trinajstić information content (AvgIpc) is 3.02. The molecule has 0 aliphatic heterocycles. The van der Waals surface area contributed by atoms with Gasteiger partial charge in [0.1, 0.15) is 5.67 Å². The van der Waals surface area contributed by atoms with E-state index in [1.165, 1.54) is 13.8 Å². The molecule has 3 heterocycles. The fraction of sp³-hybridized carbons (Fsp3) is 0.211. The summed E-state index contributed by atoms with van der Waals surface area (Å²) < 4.78 is 15.4. The maximum absolute atomic E-state index is 13.6. The fourth-order valence-corrected chi connectivity index (χ4v) is 2.76. The van der Waals surface area contributed by atoms with Crippen LogP contribution in [0.4, 0.5) is 10.3 Å². The molecular weight excluding hydrogens is 317 g/mol. The Morgan fingerprint density at radius 1 is 1.16 bits per heavy atom. The van der Waals surface area contributed by atoms with Gasteiger partial charge < -0.3 is 5.32 Å². The normalized spacial score (nSPS) is 12.0. The predicted molar refractivity (Wildman–Crippen MR) is 97.4 cm³/mol. The van der Waals surface area contributed by atoms with Gasteiger partial charge in [-0.3, -0.25) is 4.98 Å². The van der Waals surface area contributed by atoms with E-state index in [4.69, 9.17) is 0 Å². The van der Waals surface area contributed by atoms with Gasteiger partial charge in [0.15, 0.2) is 0 Å². The molecule has 4 rings (SSSR count). The van der Waals surface area contributed by atoms with Gasteiger partial charge in [-0.25, -0.2) is 13.9 Å². The number of halogens is 1. The second-order valence-corrected chi connectivity index (χ2v) is 6.62. The first kappa shape index (κ1) is 15.5. The van der Waals surface area contributed by atoms with Crippen molar-refractivity contribution in [3.05, 3.63) is 55.0 Å². The number of nitrogens with one attached hydrogen (secondary N) is 1. The Kier molecular flexibility index (Phi) is 3.60. The maximum atomic E-state index is 13.6. The third-order valence-corrected chi connectivity index (χ3v) is 4.00. The summed E-state index contributed by atoms with van der Waals surface area (Å²) >= 11 is 0. The van der Waals surface area contributed by atoms with Gasteiger partial charge >= 0.3 is 0 Å². The zero-order valence-electron chi connectivity index (χ0n) is 14.1. The summed E-state index contributed by atoms with van der Waals surface area (Å²) in [6, 6.07) is 12.1. The van der Waals surface area contributed by atoms with Crippen molar-refractivity contribution in [2.24, 2.45) is 0 Å². The van der Waals surface area contributed by atoms with Crippen LogP contribution in [-0.4, -0.2) is 31.8 Å². The van der Waals surface area contributed by atoms with Gasteiger partial charge in [0.25, 0.3) is 0 Å². The quantitative estimate of drug-likeness (QED) is 0.610. The van der Waals surface area contributed by atoms with Crippen molar-refractivity contribution in [3.8, 4) is 11.1 Å². The first-order valence-electron chi connectivity index (χ1n) is 8.12. The van der Waals surface area contributed by atoms with E-state index in [2.05, 4.69) is 26.4 Å². The molecule has 0 atom stereocenters. The molecule has 0 saturated carbocycles. The van der Waals surface area contributed by atoms with Crippen LogP contribution in [-0.2, 0) is 0 Å². The molecule has 25 heavy (non-hydrogen) atoms. The zero-order valence-corrected chi connectivity index (χ0v) is 14.1. The smallest absolute Gasteiger partial charge is 0.241 e. The summed E-state index contributed by atoms with van der Waals surface area (Å²) in [7, 11) is 0. The number of nitrogens with zero attached hydrogens (tertiary/aromatic N) is 4. The van der Waals surface area contributed by atoms with Crippen LogP contribution in [0.15, 0.2) is 55.0 Å². The molecule has 1 aromatic carbocycles. The lowest BCUT2D eigenvalue weighted by Gasteiger charge is -2.14. The molecule has 0 aliphatic rings. The van der Waals surface area contributed by atoms with Gasteiger partial charge in [-0.05, 0) is 43.7 Å². The van der Waals surface area contributed by atoms with Crippen molar-refractivity contribution in [2.75, 3.05) is 11.9 Å². The molecule has 0 amide bonds. The lowest BCUT2D eigenvalue weighted by molar-refractivity contribution is 0.234. The number of hydrogen-bond acceptors (Lipinski definition) is 4. The molecule has 0 bridgehead atoms. The molecule has 0 unspecified atom stereocenters. The molecule has 5 nitrogen and oxygen atoms in total. The van der Waals surface area contributed by atoms with Crippen molar-refractivity contribution >= 4 is 22.4 Å². The van der Waals surface area contributed by atoms with Crippen molar-refractivity contribution in [2.45, 2.75) is 19.5 Å². The summed E-state index contributed by atoms with van der Waals surface area (Å²) in [5.41, 5.74) is 2.67. The molecule has 1 N–H and O–H groups in total. The average molecular weight is 335 g/mol. The second-order valence-electron chi connectivity index (χ2n) is 6.62. The van der Waals surface area contributed by atoms with E-state index in [-0.39, 0.29) is 6.54 Å². The number of benzene rings is 1. The Labute approximate surface area is 144 Å². The minimum Gasteiger partial charge on any atom is -0.350 e. The Bertz CT molecular complexity index is 1050. The molecular formula is C19H18FN5. The number of rotatable bonds is 4. The Morgan fingerprint density at radius 2 is 2.04 bits per heavy atom. The van der Waals surface area contributed by atoms with Gasteiger partial charge in [-0.2, -0.15) is 0 Å². The number of aromatic nitrogens is 4. The van der Waals surface area contributed by atoms with Crippen molar-refractivity contribution in [3.63, 3.8) is 0 Å². The van der Waals surface area contributed by atoms with Crippen molar-refractivity contribution in [1.82, 2.24) is 19.6 Å². The highest BCUT2D eigenvalue weighted by Crippen LogP contribution is 2.27. The van der Waals surface area contributed by atoms with E-state index < -0.39 is 5.67 Å². The van der Waals surface area contributed by atoms with Crippen molar-refractivity contribution in [1.29, 1.82) is 0 Å². The largest absolute Gasteiger partial charge is 0.350 e. The van der Waals surface area contributed by atoms with Crippen molar-refractivity contribution < 1.29 is 4.39 Å². The number of fused-ring (bicyclic) bond motifs is 2. The molecule has 6 heteroatoms. The summed E-state index contributed by atoms with van der Waals surface area (Å²) in [5.74, 6) is 0.406. The van der Waals surface area contributed by atoms with E-state index in [1.807, 2.05) is 36.5 Å². The van der Waals surface area contributed by atoms with Crippen LogP contribution in [0.1, 0.15) is 13.8 Å². The molecule has 3 aromatic heterocycles. The highest BCUT2D eigenvalue weighted by atomic mass is 19.1. The molecule has 4 aromatic rings. The predicted octanol–water partition coefficient (Wildman–Crippen LogP) is 4.10. The van der Waals surface area contributed by atoms with Crippen LogP contribution in [0, 0.1) is 0 Å². The minimum absolute atomic E-state index is 0.157. The lowest BCUT2D eigenvalue weighted by atomic mass is 10.0. The second kappa shape index (κ2) is 5.81. The maximum Gasteiger partial charge on any atom is 0.241 e. The third kappa shape index (κ3) is 3.15. The van der Waals surface area contributed by atoms with Crippen LogP contribution in [0.2, 0.25) is 0 Å². The number of alkyl halides is 1. The van der Waals surface area contributed by atoms with Gasteiger partial charge in [0.2, 0.25) is 5.95 Å². The Balaban J connectivity index is 1.70. The van der Waals surface area contributed by atoms with E-state index in [0.717, 1.165) is 27.5 Å². The molecule has 0 saturated heterocycles. The third-order valence-electron chi connectivity index (χ3n) is 4.00. The van der Waals surface area contributed by atoms with Gasteiger partial charge in [-0.15, -0.1) is 5.10 Å². The first-order chi connectivity index (χ1) is 12.0. The lowest BCUT2D eigenvalue weighted by Crippen LogP contribution is -2.25. The van der Waals surface area contributed by atoms with E-state index in [9.17, 15) is 4.39 Å². The SMILES string of the molecule is CC(C)(F)CNc1ncc2c(-c3ccc4ncccc4c3)ccn2n1. The molecule has 126 valence electrons. The molecule has 0 aliphatic carbocycles. The van der Waals surface area contributed by atoms with Crippen LogP contribution >= 0.6 is 0 Å². The monoisotopic (exact) mass is 335 g/mol. The topological polar surface area (TPSA) is 55.1 Å². The molecule has 0 fully saturated rings. The van der Waals surface area contributed by atoms with E-state index in [1.54, 1.807) is 16.9 Å². The molecule has 0 spiro atoms. The van der Waals surface area contributed by atoms with Crippen LogP contribution in [0.5, 0.6) is 0 Å². The van der Waals surface area contributed by atoms with Crippen LogP contribution < -0.4 is 5.32 Å². The first-order valence-corrected chi connectivity index (χ1v) is 8.12. The summed E-state index contributed by atoms with van der Waals surface area (Å²) in [6.07, 6.45) is 5.42. The van der Waals surface area contributed by atoms with E-state index in [0.29, 0.717) is 5.95 Å². The number of anilines is 1. The zero-order chi connectivity index (χ0) is 17.4. The van der Waals surface area contributed by atoms with Crippen LogP contribution in [0.25, 0.3) is 27.5 Å². The summed E-state index contributed by atoms with van der Waals surface area (Å²) in [6.45, 7) is 3.19. The Morgan fingerprint density at radius 3 is 2.88 bits per heavy atom.